The Kier molecular flexibility index (Phi) is 5.34. The molecule has 132 valence electrons. The summed E-state index contributed by atoms with van der Waals surface area (Å²) in [4.78, 5) is 11.5. The van der Waals surface area contributed by atoms with Crippen molar-refractivity contribution in [3.8, 4) is 16.9 Å². The third kappa shape index (κ3) is 4.10. The second-order valence-electron chi connectivity index (χ2n) is 5.58. The van der Waals surface area contributed by atoms with Crippen molar-refractivity contribution in [2.45, 2.75) is 6.54 Å². The molecular formula is C19H17ClN4O2. The first-order valence-electron chi connectivity index (χ1n) is 7.87. The number of carbonyl (C=O) groups is 1. The highest BCUT2D eigenvalue weighted by Crippen LogP contribution is 2.24. The molecule has 26 heavy (non-hydrogen) atoms. The zero-order valence-electron chi connectivity index (χ0n) is 14.1. The van der Waals surface area contributed by atoms with E-state index in [4.69, 9.17) is 22.1 Å². The molecule has 0 fully saturated rings. The highest BCUT2D eigenvalue weighted by atomic mass is 35.5. The Morgan fingerprint density at radius 3 is 2.58 bits per heavy atom. The Hall–Kier alpha value is -3.12. The van der Waals surface area contributed by atoms with E-state index in [1.54, 1.807) is 7.11 Å². The first-order chi connectivity index (χ1) is 12.6. The molecular weight excluding hydrogens is 352 g/mol. The van der Waals surface area contributed by atoms with Crippen LogP contribution >= 0.6 is 11.6 Å². The van der Waals surface area contributed by atoms with E-state index in [0.717, 1.165) is 22.4 Å². The van der Waals surface area contributed by atoms with Crippen LogP contribution in [0.4, 0.5) is 5.82 Å². The molecule has 0 spiro atoms. The number of nitrogens with two attached hydrogens (primary N) is 1. The molecule has 0 aliphatic rings. The summed E-state index contributed by atoms with van der Waals surface area (Å²) in [6.45, 7) is 0.467. The summed E-state index contributed by atoms with van der Waals surface area (Å²) in [6, 6.07) is 17.3. The lowest BCUT2D eigenvalue weighted by Crippen LogP contribution is -2.16. The summed E-state index contributed by atoms with van der Waals surface area (Å²) in [5, 5.41) is 10.8. The average Bonchev–Trinajstić information content (AvgIpc) is 2.67. The molecule has 3 aromatic rings. The van der Waals surface area contributed by atoms with Gasteiger partial charge in [0.05, 0.1) is 12.7 Å². The normalized spacial score (nSPS) is 10.4. The van der Waals surface area contributed by atoms with Crippen LogP contribution in [0.3, 0.4) is 0 Å². The molecule has 2 aromatic carbocycles. The number of hydrogen-bond donors (Lipinski definition) is 2. The number of nitrogens with one attached hydrogen (secondary N) is 1. The Balaban J connectivity index is 1.73. The third-order valence-corrected chi connectivity index (χ3v) is 4.03. The van der Waals surface area contributed by atoms with Crippen molar-refractivity contribution < 1.29 is 9.53 Å². The van der Waals surface area contributed by atoms with Gasteiger partial charge < -0.3 is 15.8 Å². The minimum absolute atomic E-state index is 0.118. The van der Waals surface area contributed by atoms with E-state index in [1.165, 1.54) is 6.07 Å². The molecule has 1 heterocycles. The van der Waals surface area contributed by atoms with Crippen LogP contribution in [0.1, 0.15) is 15.9 Å². The van der Waals surface area contributed by atoms with Crippen molar-refractivity contribution in [3.63, 3.8) is 0 Å². The number of methoxy groups -OCH3 is 1. The van der Waals surface area contributed by atoms with E-state index in [2.05, 4.69) is 15.5 Å². The number of primary amides is 1. The Bertz CT molecular complexity index is 929. The second-order valence-corrected chi connectivity index (χ2v) is 5.96. The van der Waals surface area contributed by atoms with E-state index < -0.39 is 5.91 Å². The smallest absolute Gasteiger partial charge is 0.252 e. The number of benzene rings is 2. The molecule has 1 aromatic heterocycles. The molecule has 7 heteroatoms. The largest absolute Gasteiger partial charge is 0.497 e. The van der Waals surface area contributed by atoms with Crippen LogP contribution in [0, 0.1) is 0 Å². The summed E-state index contributed by atoms with van der Waals surface area (Å²) in [6.07, 6.45) is 0. The molecule has 6 nitrogen and oxygen atoms in total. The molecule has 1 amide bonds. The van der Waals surface area contributed by atoms with E-state index in [-0.39, 0.29) is 10.7 Å². The lowest BCUT2D eigenvalue weighted by atomic mass is 10.0. The number of halogens is 1. The standard InChI is InChI=1S/C19H17ClN4O2/c1-26-15-4-2-3-14(9-15)13-7-5-12(6-8-13)11-22-19-16(18(21)25)10-17(20)23-24-19/h2-10H,11H2,1H3,(H2,21,25)(H,22,24). The lowest BCUT2D eigenvalue weighted by molar-refractivity contribution is 0.100. The van der Waals surface area contributed by atoms with Crippen LogP contribution in [0.15, 0.2) is 54.6 Å². The molecule has 0 aliphatic heterocycles. The first-order valence-corrected chi connectivity index (χ1v) is 8.25. The summed E-state index contributed by atoms with van der Waals surface area (Å²) < 4.78 is 5.26. The number of rotatable bonds is 6. The van der Waals surface area contributed by atoms with Gasteiger partial charge in [-0.2, -0.15) is 0 Å². The molecule has 0 unspecified atom stereocenters. The van der Waals surface area contributed by atoms with Crippen molar-refractivity contribution in [1.29, 1.82) is 0 Å². The third-order valence-electron chi connectivity index (χ3n) is 3.85. The molecule has 0 saturated carbocycles. The van der Waals surface area contributed by atoms with E-state index >= 15 is 0 Å². The quantitative estimate of drug-likeness (QED) is 0.694. The summed E-state index contributed by atoms with van der Waals surface area (Å²) in [7, 11) is 1.65. The Morgan fingerprint density at radius 1 is 1.12 bits per heavy atom. The van der Waals surface area contributed by atoms with Gasteiger partial charge in [-0.05, 0) is 34.9 Å². The van der Waals surface area contributed by atoms with E-state index in [9.17, 15) is 4.79 Å². The molecule has 0 bridgehead atoms. The second kappa shape index (κ2) is 7.84. The monoisotopic (exact) mass is 368 g/mol. The SMILES string of the molecule is COc1cccc(-c2ccc(CNc3nnc(Cl)cc3C(N)=O)cc2)c1. The van der Waals surface area contributed by atoms with Crippen molar-refractivity contribution in [2.24, 2.45) is 5.73 Å². The van der Waals surface area contributed by atoms with Gasteiger partial charge >= 0.3 is 0 Å². The van der Waals surface area contributed by atoms with Gasteiger partial charge in [0.2, 0.25) is 0 Å². The van der Waals surface area contributed by atoms with Crippen molar-refractivity contribution in [2.75, 3.05) is 12.4 Å². The maximum absolute atomic E-state index is 11.5. The van der Waals surface area contributed by atoms with Gasteiger partial charge in [-0.1, -0.05) is 48.0 Å². The molecule has 3 N–H and O–H groups in total. The Labute approximate surface area is 156 Å². The topological polar surface area (TPSA) is 90.1 Å². The maximum atomic E-state index is 11.5. The number of amides is 1. The van der Waals surface area contributed by atoms with Crippen LogP contribution in [0.2, 0.25) is 5.15 Å². The van der Waals surface area contributed by atoms with Gasteiger partial charge in [0.15, 0.2) is 11.0 Å². The molecule has 0 aliphatic carbocycles. The molecule has 3 rings (SSSR count). The van der Waals surface area contributed by atoms with Gasteiger partial charge in [0, 0.05) is 6.54 Å². The van der Waals surface area contributed by atoms with Crippen LogP contribution < -0.4 is 15.8 Å². The van der Waals surface area contributed by atoms with E-state index in [1.807, 2.05) is 48.5 Å². The highest BCUT2D eigenvalue weighted by molar-refractivity contribution is 6.29. The minimum Gasteiger partial charge on any atom is -0.497 e. The van der Waals surface area contributed by atoms with Crippen LogP contribution in [-0.4, -0.2) is 23.2 Å². The fraction of sp³-hybridized carbons (Fsp3) is 0.105. The number of ether oxygens (including phenoxy) is 1. The lowest BCUT2D eigenvalue weighted by Gasteiger charge is -2.09. The molecule has 0 radical (unpaired) electrons. The molecule has 0 saturated heterocycles. The maximum Gasteiger partial charge on any atom is 0.252 e. The number of anilines is 1. The predicted octanol–water partition coefficient (Wildman–Crippen LogP) is 3.52. The van der Waals surface area contributed by atoms with Crippen LogP contribution in [0.25, 0.3) is 11.1 Å². The number of aromatic nitrogens is 2. The predicted molar refractivity (Wildman–Crippen MR) is 101 cm³/mol. The molecule has 0 atom stereocenters. The van der Waals surface area contributed by atoms with Gasteiger partial charge in [0.1, 0.15) is 5.75 Å². The zero-order chi connectivity index (χ0) is 18.5. The van der Waals surface area contributed by atoms with Crippen molar-refractivity contribution in [1.82, 2.24) is 10.2 Å². The van der Waals surface area contributed by atoms with Crippen LogP contribution in [0.5, 0.6) is 5.75 Å². The summed E-state index contributed by atoms with van der Waals surface area (Å²) >= 11 is 5.76. The highest BCUT2D eigenvalue weighted by Gasteiger charge is 2.11. The van der Waals surface area contributed by atoms with Crippen molar-refractivity contribution in [3.05, 3.63) is 70.9 Å². The van der Waals surface area contributed by atoms with Gasteiger partial charge in [-0.15, -0.1) is 10.2 Å². The van der Waals surface area contributed by atoms with E-state index in [0.29, 0.717) is 12.4 Å². The fourth-order valence-electron chi connectivity index (χ4n) is 2.49. The number of nitrogens with zero attached hydrogens (tertiary/aromatic N) is 2. The zero-order valence-corrected chi connectivity index (χ0v) is 14.8. The van der Waals surface area contributed by atoms with Gasteiger partial charge in [-0.25, -0.2) is 0 Å². The van der Waals surface area contributed by atoms with Crippen molar-refractivity contribution >= 4 is 23.3 Å². The summed E-state index contributed by atoms with van der Waals surface area (Å²) in [5.74, 6) is 0.505. The first kappa shape index (κ1) is 17.7. The minimum atomic E-state index is -0.613. The summed E-state index contributed by atoms with van der Waals surface area (Å²) in [5.41, 5.74) is 8.72. The number of carbonyl (C=O) groups excluding carboxylic acids is 1. The van der Waals surface area contributed by atoms with Crippen LogP contribution in [-0.2, 0) is 6.54 Å². The van der Waals surface area contributed by atoms with Gasteiger partial charge in [0.25, 0.3) is 5.91 Å². The fourth-order valence-corrected chi connectivity index (χ4v) is 2.64. The average molecular weight is 369 g/mol. The van der Waals surface area contributed by atoms with Gasteiger partial charge in [-0.3, -0.25) is 4.79 Å². The Morgan fingerprint density at radius 2 is 1.88 bits per heavy atom. The number of hydrogen-bond acceptors (Lipinski definition) is 5.